The highest BCUT2D eigenvalue weighted by Crippen LogP contribution is 2.35. The Kier molecular flexibility index (Phi) is 5.63. The van der Waals surface area contributed by atoms with Crippen molar-refractivity contribution in [3.8, 4) is 5.75 Å². The van der Waals surface area contributed by atoms with E-state index < -0.39 is 21.0 Å². The van der Waals surface area contributed by atoms with E-state index in [1.165, 1.54) is 0 Å². The zero-order valence-electron chi connectivity index (χ0n) is 13.2. The van der Waals surface area contributed by atoms with Crippen LogP contribution in [0.4, 0.5) is 4.79 Å². The van der Waals surface area contributed by atoms with Gasteiger partial charge in [0.25, 0.3) is 0 Å². The number of ether oxygens (including phenoxy) is 2. The first-order chi connectivity index (χ1) is 11.2. The predicted octanol–water partition coefficient (Wildman–Crippen LogP) is 0.279. The Hall–Kier alpha value is -1.49. The number of likely N-dealkylation sites (tertiary alicyclic amines) is 1. The molecule has 0 saturated carbocycles. The molecule has 1 fully saturated rings. The van der Waals surface area contributed by atoms with E-state index in [2.05, 4.69) is 12.6 Å². The van der Waals surface area contributed by atoms with Crippen LogP contribution in [0.3, 0.4) is 0 Å². The molecular formula is C14H21N3O5S2. The van der Waals surface area contributed by atoms with Crippen LogP contribution in [0.25, 0.3) is 0 Å². The van der Waals surface area contributed by atoms with Crippen molar-refractivity contribution in [2.45, 2.75) is 23.1 Å². The first-order valence-corrected chi connectivity index (χ1v) is 9.27. The summed E-state index contributed by atoms with van der Waals surface area (Å²) in [6, 6.07) is 6.95. The number of benzene rings is 1. The summed E-state index contributed by atoms with van der Waals surface area (Å²) in [5.74, 6) is 0.680. The molecule has 1 aliphatic rings. The van der Waals surface area contributed by atoms with E-state index in [-0.39, 0.29) is 31.4 Å². The molecule has 1 aromatic rings. The van der Waals surface area contributed by atoms with Gasteiger partial charge in [-0.1, -0.05) is 12.1 Å². The van der Waals surface area contributed by atoms with Crippen LogP contribution < -0.4 is 15.6 Å². The topological polar surface area (TPSA) is 125 Å². The highest BCUT2D eigenvalue weighted by atomic mass is 32.2. The standard InChI is InChI=1S/C14H21N3O5S2/c1-21-11-4-2-10(3-5-11)8-22-13(18)17-7-12(23)6-14(17,9-15)24(16,19)20/h2-5,12,23H,6-9,15H2,1H3,(H2,16,19,20)/t12-,14-/m0/s1. The lowest BCUT2D eigenvalue weighted by Crippen LogP contribution is -2.59. The highest BCUT2D eigenvalue weighted by Gasteiger charge is 2.55. The number of carbonyl (C=O) groups is 1. The number of nitrogens with two attached hydrogens (primary N) is 2. The third kappa shape index (κ3) is 3.61. The van der Waals surface area contributed by atoms with Gasteiger partial charge in [0.1, 0.15) is 12.4 Å². The van der Waals surface area contributed by atoms with Gasteiger partial charge in [-0.25, -0.2) is 18.4 Å². The second-order valence-electron chi connectivity index (χ2n) is 5.57. The van der Waals surface area contributed by atoms with Crippen LogP contribution in [0.1, 0.15) is 12.0 Å². The lowest BCUT2D eigenvalue weighted by atomic mass is 10.2. The number of sulfonamides is 1. The van der Waals surface area contributed by atoms with Crippen LogP contribution >= 0.6 is 12.6 Å². The Morgan fingerprint density at radius 2 is 2.04 bits per heavy atom. The largest absolute Gasteiger partial charge is 0.497 e. The molecule has 8 nitrogen and oxygen atoms in total. The molecular weight excluding hydrogens is 354 g/mol. The first kappa shape index (κ1) is 18.8. The van der Waals surface area contributed by atoms with Gasteiger partial charge >= 0.3 is 6.09 Å². The number of rotatable bonds is 5. The SMILES string of the molecule is COc1ccc(COC(=O)N2C[C@@H](S)C[C@@]2(CN)S(N)(=O)=O)cc1. The van der Waals surface area contributed by atoms with Crippen molar-refractivity contribution >= 4 is 28.7 Å². The van der Waals surface area contributed by atoms with Crippen LogP contribution in [0, 0.1) is 0 Å². The number of thiol groups is 1. The average molecular weight is 375 g/mol. The van der Waals surface area contributed by atoms with E-state index in [1.807, 2.05) is 0 Å². The number of primary sulfonamides is 1. The Morgan fingerprint density at radius 1 is 1.42 bits per heavy atom. The molecule has 0 unspecified atom stereocenters. The number of hydrogen-bond acceptors (Lipinski definition) is 7. The van der Waals surface area contributed by atoms with Gasteiger partial charge in [0.05, 0.1) is 7.11 Å². The molecule has 0 spiro atoms. The van der Waals surface area contributed by atoms with E-state index >= 15 is 0 Å². The van der Waals surface area contributed by atoms with Crippen molar-refractivity contribution in [3.05, 3.63) is 29.8 Å². The Balaban J connectivity index is 2.12. The van der Waals surface area contributed by atoms with Gasteiger partial charge < -0.3 is 15.2 Å². The van der Waals surface area contributed by atoms with Gasteiger partial charge in [-0.15, -0.1) is 0 Å². The maximum Gasteiger partial charge on any atom is 0.411 e. The second-order valence-corrected chi connectivity index (χ2v) is 8.15. The van der Waals surface area contributed by atoms with Crippen molar-refractivity contribution in [2.24, 2.45) is 10.9 Å². The average Bonchev–Trinajstić information content (AvgIpc) is 2.91. The van der Waals surface area contributed by atoms with Crippen LogP contribution in [-0.4, -0.2) is 49.7 Å². The second kappa shape index (κ2) is 7.18. The lowest BCUT2D eigenvalue weighted by molar-refractivity contribution is 0.0857. The van der Waals surface area contributed by atoms with Crippen LogP contribution in [0.5, 0.6) is 5.75 Å². The molecule has 1 amide bonds. The van der Waals surface area contributed by atoms with Crippen molar-refractivity contribution < 1.29 is 22.7 Å². The number of hydrogen-bond donors (Lipinski definition) is 3. The molecule has 1 aromatic carbocycles. The first-order valence-electron chi connectivity index (χ1n) is 7.21. The fourth-order valence-corrected chi connectivity index (χ4v) is 4.40. The molecule has 4 N–H and O–H groups in total. The number of methoxy groups -OCH3 is 1. The molecule has 24 heavy (non-hydrogen) atoms. The summed E-state index contributed by atoms with van der Waals surface area (Å²) >= 11 is 4.27. The van der Waals surface area contributed by atoms with Gasteiger partial charge in [0.15, 0.2) is 4.87 Å². The molecule has 10 heteroatoms. The fraction of sp³-hybridized carbons (Fsp3) is 0.500. The molecule has 2 rings (SSSR count). The van der Waals surface area contributed by atoms with Crippen molar-refractivity contribution in [2.75, 3.05) is 20.2 Å². The van der Waals surface area contributed by atoms with Crippen molar-refractivity contribution in [1.82, 2.24) is 4.90 Å². The third-order valence-corrected chi connectivity index (χ3v) is 5.99. The maximum absolute atomic E-state index is 12.4. The maximum atomic E-state index is 12.4. The van der Waals surface area contributed by atoms with Gasteiger partial charge in [-0.3, -0.25) is 4.90 Å². The molecule has 2 atom stereocenters. The summed E-state index contributed by atoms with van der Waals surface area (Å²) in [5, 5.41) is 4.96. The fourth-order valence-electron chi connectivity index (χ4n) is 2.69. The van der Waals surface area contributed by atoms with E-state index in [4.69, 9.17) is 20.3 Å². The summed E-state index contributed by atoms with van der Waals surface area (Å²) in [6.45, 7) is -0.236. The highest BCUT2D eigenvalue weighted by molar-refractivity contribution is 7.90. The summed E-state index contributed by atoms with van der Waals surface area (Å²) in [4.78, 5) is 11.8. The molecule has 0 aliphatic carbocycles. The third-order valence-electron chi connectivity index (χ3n) is 4.03. The Bertz CT molecular complexity index is 695. The molecule has 0 radical (unpaired) electrons. The zero-order valence-corrected chi connectivity index (χ0v) is 14.9. The lowest BCUT2D eigenvalue weighted by Gasteiger charge is -2.34. The summed E-state index contributed by atoms with van der Waals surface area (Å²) < 4.78 is 34.3. The number of nitrogens with zero attached hydrogens (tertiary/aromatic N) is 1. The van der Waals surface area contributed by atoms with Gasteiger partial charge in [0.2, 0.25) is 10.0 Å². The molecule has 0 aromatic heterocycles. The van der Waals surface area contributed by atoms with E-state index in [0.717, 1.165) is 10.5 Å². The quantitative estimate of drug-likeness (QED) is 0.635. The molecule has 134 valence electrons. The monoisotopic (exact) mass is 375 g/mol. The summed E-state index contributed by atoms with van der Waals surface area (Å²) in [7, 11) is -2.55. The Morgan fingerprint density at radius 3 is 2.54 bits per heavy atom. The zero-order chi connectivity index (χ0) is 18.0. The smallest absolute Gasteiger partial charge is 0.411 e. The van der Waals surface area contributed by atoms with Gasteiger partial charge in [-0.05, 0) is 17.7 Å². The number of amides is 1. The molecule has 1 saturated heterocycles. The van der Waals surface area contributed by atoms with Crippen molar-refractivity contribution in [1.29, 1.82) is 0 Å². The molecule has 1 heterocycles. The Labute approximate surface area is 146 Å². The summed E-state index contributed by atoms with van der Waals surface area (Å²) in [6.07, 6.45) is -0.731. The van der Waals surface area contributed by atoms with Crippen LogP contribution in [0.15, 0.2) is 24.3 Å². The predicted molar refractivity (Wildman–Crippen MR) is 92.2 cm³/mol. The van der Waals surface area contributed by atoms with E-state index in [0.29, 0.717) is 5.75 Å². The van der Waals surface area contributed by atoms with E-state index in [9.17, 15) is 13.2 Å². The van der Waals surface area contributed by atoms with E-state index in [1.54, 1.807) is 31.4 Å². The molecule has 0 bridgehead atoms. The number of carbonyl (C=O) groups excluding carboxylic acids is 1. The normalized spacial score (nSPS) is 24.0. The van der Waals surface area contributed by atoms with Crippen molar-refractivity contribution in [3.63, 3.8) is 0 Å². The minimum atomic E-state index is -4.10. The van der Waals surface area contributed by atoms with Gasteiger partial charge in [0, 0.05) is 24.8 Å². The summed E-state index contributed by atoms with van der Waals surface area (Å²) in [5.41, 5.74) is 6.36. The molecule has 1 aliphatic heterocycles. The minimum Gasteiger partial charge on any atom is -0.497 e. The van der Waals surface area contributed by atoms with Crippen LogP contribution in [-0.2, 0) is 21.4 Å². The van der Waals surface area contributed by atoms with Crippen LogP contribution in [0.2, 0.25) is 0 Å². The minimum absolute atomic E-state index is 0.0121. The van der Waals surface area contributed by atoms with Gasteiger partial charge in [-0.2, -0.15) is 12.6 Å².